The van der Waals surface area contributed by atoms with Crippen LogP contribution in [0.15, 0.2) is 0 Å². The minimum absolute atomic E-state index is 0.0821. The van der Waals surface area contributed by atoms with Gasteiger partial charge in [0.15, 0.2) is 0 Å². The van der Waals surface area contributed by atoms with Crippen LogP contribution >= 0.6 is 0 Å². The Kier molecular flexibility index (Phi) is 5.85. The van der Waals surface area contributed by atoms with Gasteiger partial charge in [-0.25, -0.2) is 4.79 Å². The lowest BCUT2D eigenvalue weighted by molar-refractivity contribution is -0.138. The molecule has 0 aromatic rings. The van der Waals surface area contributed by atoms with E-state index < -0.39 is 5.97 Å². The van der Waals surface area contributed by atoms with Crippen LogP contribution in [0.5, 0.6) is 0 Å². The number of hydrogen-bond donors (Lipinski definition) is 1. The molecule has 120 valence electrons. The molecule has 1 atom stereocenters. The van der Waals surface area contributed by atoms with Crippen molar-refractivity contribution in [2.45, 2.75) is 44.6 Å². The predicted octanol–water partition coefficient (Wildman–Crippen LogP) is 1.79. The van der Waals surface area contributed by atoms with Gasteiger partial charge in [0.1, 0.15) is 6.54 Å². The standard InChI is InChI=1S/C15H26N2O4/c1-16(9-12-5-4-8-21-11-12)15(20)17(10-14(18)19)13-6-2-3-7-13/h12-13H,2-11H2,1H3,(H,18,19). The zero-order valence-electron chi connectivity index (χ0n) is 12.8. The van der Waals surface area contributed by atoms with Gasteiger partial charge in [0.2, 0.25) is 0 Å². The van der Waals surface area contributed by atoms with Crippen molar-refractivity contribution < 1.29 is 19.4 Å². The maximum absolute atomic E-state index is 12.6. The number of carboxylic acid groups (broad SMARTS) is 1. The minimum Gasteiger partial charge on any atom is -0.480 e. The molecule has 21 heavy (non-hydrogen) atoms. The highest BCUT2D eigenvalue weighted by molar-refractivity contribution is 5.80. The van der Waals surface area contributed by atoms with Crippen molar-refractivity contribution in [3.05, 3.63) is 0 Å². The van der Waals surface area contributed by atoms with Crippen LogP contribution in [0.1, 0.15) is 38.5 Å². The highest BCUT2D eigenvalue weighted by Gasteiger charge is 2.31. The van der Waals surface area contributed by atoms with Crippen LogP contribution in [-0.4, -0.2) is 66.3 Å². The number of nitrogens with zero attached hydrogens (tertiary/aromatic N) is 2. The van der Waals surface area contributed by atoms with E-state index in [1.807, 2.05) is 0 Å². The van der Waals surface area contributed by atoms with E-state index in [0.717, 1.165) is 45.1 Å². The Balaban J connectivity index is 1.93. The van der Waals surface area contributed by atoms with Crippen molar-refractivity contribution in [1.29, 1.82) is 0 Å². The molecule has 1 unspecified atom stereocenters. The summed E-state index contributed by atoms with van der Waals surface area (Å²) in [7, 11) is 1.76. The van der Waals surface area contributed by atoms with E-state index in [2.05, 4.69) is 0 Å². The normalized spacial score (nSPS) is 23.0. The third-order valence-electron chi connectivity index (χ3n) is 4.43. The van der Waals surface area contributed by atoms with Gasteiger partial charge in [-0.2, -0.15) is 0 Å². The smallest absolute Gasteiger partial charge is 0.323 e. The van der Waals surface area contributed by atoms with Crippen molar-refractivity contribution in [2.75, 3.05) is 33.4 Å². The lowest BCUT2D eigenvalue weighted by Crippen LogP contribution is -2.49. The number of aliphatic carboxylic acids is 1. The summed E-state index contributed by atoms with van der Waals surface area (Å²) in [5.74, 6) is -0.576. The quantitative estimate of drug-likeness (QED) is 0.840. The highest BCUT2D eigenvalue weighted by atomic mass is 16.5. The van der Waals surface area contributed by atoms with Crippen LogP contribution in [0.2, 0.25) is 0 Å². The van der Waals surface area contributed by atoms with E-state index in [0.29, 0.717) is 19.1 Å². The van der Waals surface area contributed by atoms with Crippen LogP contribution in [0.3, 0.4) is 0 Å². The van der Waals surface area contributed by atoms with Gasteiger partial charge in [-0.05, 0) is 25.7 Å². The summed E-state index contributed by atoms with van der Waals surface area (Å²) >= 11 is 0. The molecule has 1 heterocycles. The number of hydrogen-bond acceptors (Lipinski definition) is 3. The third-order valence-corrected chi connectivity index (χ3v) is 4.43. The first kappa shape index (κ1) is 16.1. The second-order valence-corrected chi connectivity index (χ2v) is 6.21. The summed E-state index contributed by atoms with van der Waals surface area (Å²) in [4.78, 5) is 26.8. The van der Waals surface area contributed by atoms with Crippen LogP contribution in [-0.2, 0) is 9.53 Å². The fourth-order valence-corrected chi connectivity index (χ4v) is 3.35. The number of carboxylic acids is 1. The number of ether oxygens (including phenoxy) is 1. The highest BCUT2D eigenvalue weighted by Crippen LogP contribution is 2.24. The predicted molar refractivity (Wildman–Crippen MR) is 78.2 cm³/mol. The SMILES string of the molecule is CN(CC1CCCOC1)C(=O)N(CC(=O)O)C1CCCC1. The van der Waals surface area contributed by atoms with E-state index in [-0.39, 0.29) is 18.6 Å². The molecule has 1 N–H and O–H groups in total. The van der Waals surface area contributed by atoms with Gasteiger partial charge in [0, 0.05) is 32.2 Å². The molecule has 0 aromatic heterocycles. The molecule has 6 heteroatoms. The maximum atomic E-state index is 12.6. The van der Waals surface area contributed by atoms with E-state index >= 15 is 0 Å². The van der Waals surface area contributed by atoms with Crippen molar-refractivity contribution in [3.63, 3.8) is 0 Å². The first-order valence-electron chi connectivity index (χ1n) is 7.89. The number of carbonyl (C=O) groups is 2. The van der Waals surface area contributed by atoms with Gasteiger partial charge in [-0.15, -0.1) is 0 Å². The van der Waals surface area contributed by atoms with Crippen molar-refractivity contribution in [1.82, 2.24) is 9.80 Å². The lowest BCUT2D eigenvalue weighted by Gasteiger charge is -2.34. The number of carbonyl (C=O) groups excluding carboxylic acids is 1. The largest absolute Gasteiger partial charge is 0.480 e. The zero-order valence-corrected chi connectivity index (χ0v) is 12.8. The summed E-state index contributed by atoms with van der Waals surface area (Å²) in [6, 6.07) is -0.0754. The van der Waals surface area contributed by atoms with E-state index in [4.69, 9.17) is 9.84 Å². The molecule has 1 aliphatic heterocycles. The van der Waals surface area contributed by atoms with Crippen LogP contribution in [0.25, 0.3) is 0 Å². The molecule has 2 fully saturated rings. The molecule has 2 aliphatic rings. The lowest BCUT2D eigenvalue weighted by atomic mass is 10.0. The third kappa shape index (κ3) is 4.59. The molecule has 2 amide bonds. The second-order valence-electron chi connectivity index (χ2n) is 6.21. The second kappa shape index (κ2) is 7.64. The Morgan fingerprint density at radius 2 is 1.90 bits per heavy atom. The molecule has 1 saturated heterocycles. The summed E-state index contributed by atoms with van der Waals surface area (Å²) < 4.78 is 5.44. The number of urea groups is 1. The van der Waals surface area contributed by atoms with Crippen LogP contribution in [0.4, 0.5) is 4.79 Å². The van der Waals surface area contributed by atoms with Gasteiger partial charge >= 0.3 is 12.0 Å². The van der Waals surface area contributed by atoms with Crippen LogP contribution in [0, 0.1) is 5.92 Å². The van der Waals surface area contributed by atoms with Crippen molar-refractivity contribution >= 4 is 12.0 Å². The molecule has 1 saturated carbocycles. The Morgan fingerprint density at radius 1 is 1.19 bits per heavy atom. The molecule has 0 bridgehead atoms. The molecule has 6 nitrogen and oxygen atoms in total. The fourth-order valence-electron chi connectivity index (χ4n) is 3.35. The number of rotatable bonds is 5. The Bertz CT molecular complexity index is 363. The van der Waals surface area contributed by atoms with E-state index in [9.17, 15) is 9.59 Å². The zero-order chi connectivity index (χ0) is 15.2. The summed E-state index contributed by atoms with van der Waals surface area (Å²) in [5, 5.41) is 9.06. The van der Waals surface area contributed by atoms with Gasteiger partial charge in [-0.3, -0.25) is 4.79 Å². The summed E-state index contributed by atoms with van der Waals surface area (Å²) in [6.45, 7) is 1.94. The number of amides is 2. The first-order chi connectivity index (χ1) is 10.1. The van der Waals surface area contributed by atoms with E-state index in [1.54, 1.807) is 16.8 Å². The summed E-state index contributed by atoms with van der Waals surface area (Å²) in [5.41, 5.74) is 0. The molecular weight excluding hydrogens is 272 g/mol. The Labute approximate surface area is 126 Å². The maximum Gasteiger partial charge on any atom is 0.323 e. The van der Waals surface area contributed by atoms with Crippen molar-refractivity contribution in [2.24, 2.45) is 5.92 Å². The van der Waals surface area contributed by atoms with Crippen molar-refractivity contribution in [3.8, 4) is 0 Å². The van der Waals surface area contributed by atoms with Gasteiger partial charge in [-0.1, -0.05) is 12.8 Å². The monoisotopic (exact) mass is 298 g/mol. The van der Waals surface area contributed by atoms with Crippen LogP contribution < -0.4 is 0 Å². The van der Waals surface area contributed by atoms with Gasteiger partial charge in [0.05, 0.1) is 6.61 Å². The summed E-state index contributed by atoms with van der Waals surface area (Å²) in [6.07, 6.45) is 6.09. The topological polar surface area (TPSA) is 70.1 Å². The van der Waals surface area contributed by atoms with E-state index in [1.165, 1.54) is 0 Å². The molecule has 1 aliphatic carbocycles. The first-order valence-corrected chi connectivity index (χ1v) is 7.89. The average Bonchev–Trinajstić information content (AvgIpc) is 2.99. The average molecular weight is 298 g/mol. The molecule has 0 spiro atoms. The Hall–Kier alpha value is -1.30. The minimum atomic E-state index is -0.940. The molecular formula is C15H26N2O4. The van der Waals surface area contributed by atoms with Gasteiger partial charge in [0.25, 0.3) is 0 Å². The molecule has 0 aromatic carbocycles. The van der Waals surface area contributed by atoms with Gasteiger partial charge < -0.3 is 19.6 Å². The fraction of sp³-hybridized carbons (Fsp3) is 0.867. The molecule has 2 rings (SSSR count). The molecule has 0 radical (unpaired) electrons. The Morgan fingerprint density at radius 3 is 2.48 bits per heavy atom.